The average molecular weight is 325 g/mol. The third-order valence-corrected chi connectivity index (χ3v) is 3.92. The van der Waals surface area contributed by atoms with Gasteiger partial charge in [0.15, 0.2) is 0 Å². The Balaban J connectivity index is 2.25. The SMILES string of the molecule is CC1CCC/C1=N/Nc1c(Cl)cc(C(F)(F)F)cc1Cl. The molecule has 1 aromatic carbocycles. The molecule has 110 valence electrons. The van der Waals surface area contributed by atoms with Crippen molar-refractivity contribution in [3.05, 3.63) is 27.7 Å². The van der Waals surface area contributed by atoms with Crippen LogP contribution in [-0.4, -0.2) is 5.71 Å². The second-order valence-corrected chi connectivity index (χ2v) is 5.64. The first-order valence-electron chi connectivity index (χ1n) is 6.17. The highest BCUT2D eigenvalue weighted by Crippen LogP contribution is 2.38. The van der Waals surface area contributed by atoms with Gasteiger partial charge in [-0.05, 0) is 37.3 Å². The molecule has 1 N–H and O–H groups in total. The van der Waals surface area contributed by atoms with Crippen molar-refractivity contribution in [3.63, 3.8) is 0 Å². The molecule has 1 saturated carbocycles. The molecule has 0 radical (unpaired) electrons. The van der Waals surface area contributed by atoms with Crippen molar-refractivity contribution >= 4 is 34.6 Å². The number of anilines is 1. The summed E-state index contributed by atoms with van der Waals surface area (Å²) in [6.07, 6.45) is -1.47. The molecule has 0 spiro atoms. The van der Waals surface area contributed by atoms with E-state index in [9.17, 15) is 13.2 Å². The van der Waals surface area contributed by atoms with Crippen LogP contribution in [0.2, 0.25) is 10.0 Å². The van der Waals surface area contributed by atoms with Crippen molar-refractivity contribution in [2.24, 2.45) is 11.0 Å². The van der Waals surface area contributed by atoms with Crippen molar-refractivity contribution in [2.45, 2.75) is 32.4 Å². The van der Waals surface area contributed by atoms with Crippen LogP contribution < -0.4 is 5.43 Å². The fraction of sp³-hybridized carbons (Fsp3) is 0.462. The van der Waals surface area contributed by atoms with E-state index in [2.05, 4.69) is 17.5 Å². The number of hydrazone groups is 1. The number of nitrogens with zero attached hydrogens (tertiary/aromatic N) is 1. The lowest BCUT2D eigenvalue weighted by molar-refractivity contribution is -0.137. The van der Waals surface area contributed by atoms with E-state index in [1.165, 1.54) is 0 Å². The largest absolute Gasteiger partial charge is 0.416 e. The fourth-order valence-corrected chi connectivity index (χ4v) is 2.71. The standard InChI is InChI=1S/C13H13Cl2F3N2/c1-7-3-2-4-11(7)19-20-12-9(14)5-8(6-10(12)15)13(16,17)18/h5-7,20H,2-4H2,1H3/b19-11-. The summed E-state index contributed by atoms with van der Waals surface area (Å²) < 4.78 is 37.8. The maximum absolute atomic E-state index is 12.6. The normalized spacial score (nSPS) is 21.5. The van der Waals surface area contributed by atoms with Crippen molar-refractivity contribution in [1.82, 2.24) is 0 Å². The Morgan fingerprint density at radius 1 is 1.25 bits per heavy atom. The Hall–Kier alpha value is -0.940. The van der Waals surface area contributed by atoms with Gasteiger partial charge in [0.1, 0.15) is 0 Å². The molecule has 1 aromatic rings. The van der Waals surface area contributed by atoms with Gasteiger partial charge < -0.3 is 0 Å². The van der Waals surface area contributed by atoms with Crippen LogP contribution in [0.1, 0.15) is 31.7 Å². The molecule has 0 saturated heterocycles. The maximum atomic E-state index is 12.6. The highest BCUT2D eigenvalue weighted by atomic mass is 35.5. The van der Waals surface area contributed by atoms with Gasteiger partial charge in [0.25, 0.3) is 0 Å². The van der Waals surface area contributed by atoms with Crippen LogP contribution in [0.3, 0.4) is 0 Å². The van der Waals surface area contributed by atoms with Gasteiger partial charge in [0.2, 0.25) is 0 Å². The minimum absolute atomic E-state index is 0.0974. The molecule has 20 heavy (non-hydrogen) atoms. The highest BCUT2D eigenvalue weighted by Gasteiger charge is 2.32. The van der Waals surface area contributed by atoms with Gasteiger partial charge in [-0.15, -0.1) is 0 Å². The average Bonchev–Trinajstić information content (AvgIpc) is 2.72. The first-order valence-corrected chi connectivity index (χ1v) is 6.93. The Morgan fingerprint density at radius 2 is 1.85 bits per heavy atom. The third-order valence-electron chi connectivity index (χ3n) is 3.32. The van der Waals surface area contributed by atoms with Gasteiger partial charge in [0.05, 0.1) is 21.3 Å². The van der Waals surface area contributed by atoms with Crippen LogP contribution in [0.5, 0.6) is 0 Å². The Morgan fingerprint density at radius 3 is 2.30 bits per heavy atom. The third kappa shape index (κ3) is 3.38. The Kier molecular flexibility index (Phi) is 4.49. The maximum Gasteiger partial charge on any atom is 0.416 e. The number of alkyl halides is 3. The van der Waals surface area contributed by atoms with E-state index in [0.717, 1.165) is 37.1 Å². The van der Waals surface area contributed by atoms with Crippen molar-refractivity contribution in [3.8, 4) is 0 Å². The number of halogens is 5. The smallest absolute Gasteiger partial charge is 0.276 e. The summed E-state index contributed by atoms with van der Waals surface area (Å²) in [6, 6.07) is 1.68. The van der Waals surface area contributed by atoms with Gasteiger partial charge in [-0.1, -0.05) is 30.1 Å². The molecule has 1 fully saturated rings. The zero-order valence-corrected chi connectivity index (χ0v) is 12.2. The van der Waals surface area contributed by atoms with Gasteiger partial charge in [-0.3, -0.25) is 5.43 Å². The van der Waals surface area contributed by atoms with Crippen molar-refractivity contribution in [2.75, 3.05) is 5.43 Å². The number of benzene rings is 1. The monoisotopic (exact) mass is 324 g/mol. The number of hydrogen-bond acceptors (Lipinski definition) is 2. The highest BCUT2D eigenvalue weighted by molar-refractivity contribution is 6.39. The number of hydrogen-bond donors (Lipinski definition) is 1. The van der Waals surface area contributed by atoms with E-state index in [4.69, 9.17) is 23.2 Å². The fourth-order valence-electron chi connectivity index (χ4n) is 2.14. The predicted octanol–water partition coefficient (Wildman–Crippen LogP) is 5.60. The molecule has 1 aliphatic carbocycles. The molecule has 0 heterocycles. The van der Waals surface area contributed by atoms with Crippen LogP contribution in [0.4, 0.5) is 18.9 Å². The molecular formula is C13H13Cl2F3N2. The summed E-state index contributed by atoms with van der Waals surface area (Å²) in [7, 11) is 0. The second kappa shape index (κ2) is 5.82. The van der Waals surface area contributed by atoms with Gasteiger partial charge in [-0.25, -0.2) is 0 Å². The molecule has 0 amide bonds. The molecule has 0 bridgehead atoms. The molecule has 1 unspecified atom stereocenters. The van der Waals surface area contributed by atoms with Crippen LogP contribution in [0, 0.1) is 5.92 Å². The van der Waals surface area contributed by atoms with Gasteiger partial charge in [-0.2, -0.15) is 18.3 Å². The lowest BCUT2D eigenvalue weighted by atomic mass is 10.1. The number of rotatable bonds is 2. The van der Waals surface area contributed by atoms with Crippen LogP contribution in [0.15, 0.2) is 17.2 Å². The molecule has 1 aliphatic rings. The summed E-state index contributed by atoms with van der Waals surface area (Å²) in [5.41, 5.74) is 3.00. The second-order valence-electron chi connectivity index (χ2n) is 4.82. The van der Waals surface area contributed by atoms with Crippen LogP contribution in [-0.2, 0) is 6.18 Å². The zero-order chi connectivity index (χ0) is 14.9. The summed E-state index contributed by atoms with van der Waals surface area (Å²) in [5, 5.41) is 4.01. The van der Waals surface area contributed by atoms with Crippen LogP contribution in [0.25, 0.3) is 0 Å². The topological polar surface area (TPSA) is 24.4 Å². The lowest BCUT2D eigenvalue weighted by Gasteiger charge is -2.12. The van der Waals surface area contributed by atoms with Crippen molar-refractivity contribution < 1.29 is 13.2 Å². The summed E-state index contributed by atoms with van der Waals surface area (Å²) in [4.78, 5) is 0. The lowest BCUT2D eigenvalue weighted by Crippen LogP contribution is -2.07. The van der Waals surface area contributed by atoms with E-state index in [1.807, 2.05) is 0 Å². The molecule has 7 heteroatoms. The first kappa shape index (κ1) is 15.4. The molecular weight excluding hydrogens is 312 g/mol. The minimum atomic E-state index is -4.47. The quantitative estimate of drug-likeness (QED) is 0.703. The van der Waals surface area contributed by atoms with E-state index >= 15 is 0 Å². The first-order chi connectivity index (χ1) is 9.29. The Bertz CT molecular complexity index is 518. The zero-order valence-electron chi connectivity index (χ0n) is 10.7. The van der Waals surface area contributed by atoms with Gasteiger partial charge in [0, 0.05) is 5.71 Å². The molecule has 1 atom stereocenters. The molecule has 2 nitrogen and oxygen atoms in total. The summed E-state index contributed by atoms with van der Waals surface area (Å²) in [6.45, 7) is 2.06. The van der Waals surface area contributed by atoms with E-state index in [-0.39, 0.29) is 15.7 Å². The molecule has 2 rings (SSSR count). The minimum Gasteiger partial charge on any atom is -0.276 e. The predicted molar refractivity (Wildman–Crippen MR) is 75.5 cm³/mol. The van der Waals surface area contributed by atoms with Gasteiger partial charge >= 0.3 is 6.18 Å². The number of nitrogens with one attached hydrogen (secondary N) is 1. The molecule has 0 aromatic heterocycles. The Labute approximate surface area is 124 Å². The van der Waals surface area contributed by atoms with Crippen LogP contribution >= 0.6 is 23.2 Å². The van der Waals surface area contributed by atoms with E-state index in [1.54, 1.807) is 0 Å². The summed E-state index contributed by atoms with van der Waals surface area (Å²) in [5.74, 6) is 0.370. The van der Waals surface area contributed by atoms with E-state index < -0.39 is 11.7 Å². The van der Waals surface area contributed by atoms with Crippen molar-refractivity contribution in [1.29, 1.82) is 0 Å². The van der Waals surface area contributed by atoms with E-state index in [0.29, 0.717) is 5.92 Å². The molecule has 0 aliphatic heterocycles. The summed E-state index contributed by atoms with van der Waals surface area (Å²) >= 11 is 11.7.